The number of halogens is 2. The Morgan fingerprint density at radius 2 is 1.76 bits per heavy atom. The van der Waals surface area contributed by atoms with Crippen molar-refractivity contribution in [1.29, 1.82) is 0 Å². The number of benzene rings is 2. The van der Waals surface area contributed by atoms with Gasteiger partial charge in [0.05, 0.1) is 22.7 Å². The summed E-state index contributed by atoms with van der Waals surface area (Å²) in [6.07, 6.45) is 1.54. The fourth-order valence-corrected chi connectivity index (χ4v) is 3.46. The van der Waals surface area contributed by atoms with Gasteiger partial charge < -0.3 is 15.1 Å². The van der Waals surface area contributed by atoms with Crippen molar-refractivity contribution in [1.82, 2.24) is 15.1 Å². The van der Waals surface area contributed by atoms with Crippen molar-refractivity contribution in [2.75, 3.05) is 5.32 Å². The van der Waals surface area contributed by atoms with Gasteiger partial charge in [-0.05, 0) is 68.4 Å². The predicted octanol–water partition coefficient (Wildman–Crippen LogP) is 5.83. The molecule has 0 aliphatic carbocycles. The summed E-state index contributed by atoms with van der Waals surface area (Å²) in [5.74, 6) is -0.204. The summed E-state index contributed by atoms with van der Waals surface area (Å²) in [6.45, 7) is 3.73. The standard InChI is InChI=1S/C24H20Cl2N4O3/c1-14(2)27-23(31)15-5-10-18(26)19(12-15)28-24(32)20-13-21(22-4-3-11-33-22)30(29-20)17-8-6-16(25)7-9-17/h3-14H,1-2H3,(H,27,31)(H,28,32). The van der Waals surface area contributed by atoms with E-state index in [0.717, 1.165) is 0 Å². The second-order valence-corrected chi connectivity index (χ2v) is 8.40. The Balaban J connectivity index is 1.66. The van der Waals surface area contributed by atoms with E-state index >= 15 is 0 Å². The molecule has 2 N–H and O–H groups in total. The Morgan fingerprint density at radius 1 is 1.00 bits per heavy atom. The fraction of sp³-hybridized carbons (Fsp3) is 0.125. The van der Waals surface area contributed by atoms with Gasteiger partial charge in [-0.2, -0.15) is 5.10 Å². The minimum Gasteiger partial charge on any atom is -0.463 e. The van der Waals surface area contributed by atoms with Crippen LogP contribution in [0, 0.1) is 0 Å². The van der Waals surface area contributed by atoms with Crippen molar-refractivity contribution < 1.29 is 14.0 Å². The lowest BCUT2D eigenvalue weighted by Crippen LogP contribution is -2.30. The summed E-state index contributed by atoms with van der Waals surface area (Å²) in [6, 6.07) is 16.9. The molecular formula is C24H20Cl2N4O3. The Morgan fingerprint density at radius 3 is 2.42 bits per heavy atom. The summed E-state index contributed by atoms with van der Waals surface area (Å²) >= 11 is 12.3. The van der Waals surface area contributed by atoms with Crippen LogP contribution in [0.5, 0.6) is 0 Å². The highest BCUT2D eigenvalue weighted by atomic mass is 35.5. The van der Waals surface area contributed by atoms with Gasteiger partial charge in [0.2, 0.25) is 0 Å². The van der Waals surface area contributed by atoms with Gasteiger partial charge >= 0.3 is 0 Å². The minimum atomic E-state index is -0.487. The summed E-state index contributed by atoms with van der Waals surface area (Å²) in [7, 11) is 0. The first-order chi connectivity index (χ1) is 15.8. The lowest BCUT2D eigenvalue weighted by Gasteiger charge is -2.11. The van der Waals surface area contributed by atoms with E-state index in [0.29, 0.717) is 38.4 Å². The van der Waals surface area contributed by atoms with Gasteiger partial charge in [-0.15, -0.1) is 0 Å². The highest BCUT2D eigenvalue weighted by Crippen LogP contribution is 2.27. The number of furan rings is 1. The van der Waals surface area contributed by atoms with Crippen LogP contribution < -0.4 is 10.6 Å². The molecule has 0 saturated heterocycles. The average Bonchev–Trinajstić information content (AvgIpc) is 3.45. The fourth-order valence-electron chi connectivity index (χ4n) is 3.17. The van der Waals surface area contributed by atoms with Gasteiger partial charge in [-0.3, -0.25) is 9.59 Å². The number of nitrogens with one attached hydrogen (secondary N) is 2. The van der Waals surface area contributed by atoms with Gasteiger partial charge in [0.15, 0.2) is 11.5 Å². The quantitative estimate of drug-likeness (QED) is 0.361. The number of carbonyl (C=O) groups excluding carboxylic acids is 2. The third-order valence-electron chi connectivity index (χ3n) is 4.68. The average molecular weight is 483 g/mol. The van der Waals surface area contributed by atoms with Crippen LogP contribution in [0.2, 0.25) is 10.0 Å². The zero-order chi connectivity index (χ0) is 23.5. The molecular weight excluding hydrogens is 463 g/mol. The Bertz CT molecular complexity index is 1300. The van der Waals surface area contributed by atoms with Crippen LogP contribution >= 0.6 is 23.2 Å². The predicted molar refractivity (Wildman–Crippen MR) is 128 cm³/mol. The molecule has 0 aliphatic rings. The number of aromatic nitrogens is 2. The van der Waals surface area contributed by atoms with E-state index in [1.807, 2.05) is 13.8 Å². The molecule has 0 bridgehead atoms. The number of amides is 2. The lowest BCUT2D eigenvalue weighted by atomic mass is 10.1. The largest absolute Gasteiger partial charge is 0.463 e. The normalized spacial score (nSPS) is 10.9. The number of hydrogen-bond donors (Lipinski definition) is 2. The van der Waals surface area contributed by atoms with Crippen molar-refractivity contribution in [2.24, 2.45) is 0 Å². The molecule has 33 heavy (non-hydrogen) atoms. The zero-order valence-electron chi connectivity index (χ0n) is 17.8. The first kappa shape index (κ1) is 22.6. The van der Waals surface area contributed by atoms with Crippen LogP contribution in [0.1, 0.15) is 34.7 Å². The molecule has 4 rings (SSSR count). The second kappa shape index (κ2) is 9.52. The van der Waals surface area contributed by atoms with E-state index in [9.17, 15) is 9.59 Å². The summed E-state index contributed by atoms with van der Waals surface area (Å²) in [5.41, 5.74) is 2.12. The SMILES string of the molecule is CC(C)NC(=O)c1ccc(Cl)c(NC(=O)c2cc(-c3ccco3)n(-c3ccc(Cl)cc3)n2)c1. The molecule has 2 amide bonds. The summed E-state index contributed by atoms with van der Waals surface area (Å²) < 4.78 is 7.12. The maximum absolute atomic E-state index is 13.0. The van der Waals surface area contributed by atoms with E-state index < -0.39 is 5.91 Å². The lowest BCUT2D eigenvalue weighted by molar-refractivity contribution is 0.0941. The zero-order valence-corrected chi connectivity index (χ0v) is 19.3. The van der Waals surface area contributed by atoms with E-state index in [1.54, 1.807) is 65.5 Å². The molecule has 0 saturated carbocycles. The van der Waals surface area contributed by atoms with Crippen LogP contribution in [0.25, 0.3) is 17.1 Å². The monoisotopic (exact) mass is 482 g/mol. The second-order valence-electron chi connectivity index (χ2n) is 7.56. The summed E-state index contributed by atoms with van der Waals surface area (Å²) in [5, 5.41) is 10.9. The van der Waals surface area contributed by atoms with Crippen LogP contribution in [-0.4, -0.2) is 27.6 Å². The highest BCUT2D eigenvalue weighted by molar-refractivity contribution is 6.34. The number of anilines is 1. The van der Waals surface area contributed by atoms with Gasteiger partial charge in [0.25, 0.3) is 11.8 Å². The summed E-state index contributed by atoms with van der Waals surface area (Å²) in [4.78, 5) is 25.4. The maximum Gasteiger partial charge on any atom is 0.276 e. The third kappa shape index (κ3) is 5.10. The molecule has 2 aromatic heterocycles. The molecule has 0 fully saturated rings. The molecule has 0 spiro atoms. The number of rotatable bonds is 6. The van der Waals surface area contributed by atoms with Crippen LogP contribution in [0.3, 0.4) is 0 Å². The van der Waals surface area contributed by atoms with Crippen molar-refractivity contribution >= 4 is 40.7 Å². The smallest absolute Gasteiger partial charge is 0.276 e. The molecule has 2 heterocycles. The van der Waals surface area contributed by atoms with Crippen LogP contribution in [-0.2, 0) is 0 Å². The van der Waals surface area contributed by atoms with Gasteiger partial charge in [0.1, 0.15) is 5.69 Å². The van der Waals surface area contributed by atoms with E-state index in [1.165, 1.54) is 6.07 Å². The van der Waals surface area contributed by atoms with Gasteiger partial charge in [-0.1, -0.05) is 23.2 Å². The van der Waals surface area contributed by atoms with E-state index in [4.69, 9.17) is 27.6 Å². The van der Waals surface area contributed by atoms with Gasteiger partial charge in [0, 0.05) is 22.7 Å². The maximum atomic E-state index is 13.0. The Hall–Kier alpha value is -3.55. The Kier molecular flexibility index (Phi) is 6.53. The number of carbonyl (C=O) groups is 2. The molecule has 0 unspecified atom stereocenters. The van der Waals surface area contributed by atoms with E-state index in [2.05, 4.69) is 15.7 Å². The number of hydrogen-bond acceptors (Lipinski definition) is 4. The van der Waals surface area contributed by atoms with Crippen molar-refractivity contribution in [3.8, 4) is 17.1 Å². The first-order valence-corrected chi connectivity index (χ1v) is 10.9. The molecule has 0 atom stereocenters. The van der Waals surface area contributed by atoms with E-state index in [-0.39, 0.29) is 17.6 Å². The van der Waals surface area contributed by atoms with Crippen molar-refractivity contribution in [3.63, 3.8) is 0 Å². The third-order valence-corrected chi connectivity index (χ3v) is 5.26. The molecule has 2 aromatic carbocycles. The minimum absolute atomic E-state index is 0.0249. The van der Waals surface area contributed by atoms with Crippen molar-refractivity contribution in [2.45, 2.75) is 19.9 Å². The molecule has 7 nitrogen and oxygen atoms in total. The first-order valence-electron chi connectivity index (χ1n) is 10.1. The molecule has 0 aliphatic heterocycles. The Labute approximate surface area is 200 Å². The van der Waals surface area contributed by atoms with Crippen molar-refractivity contribution in [3.05, 3.63) is 88.2 Å². The molecule has 4 aromatic rings. The van der Waals surface area contributed by atoms with Crippen LogP contribution in [0.4, 0.5) is 5.69 Å². The molecule has 168 valence electrons. The molecule has 0 radical (unpaired) electrons. The number of nitrogens with zero attached hydrogens (tertiary/aromatic N) is 2. The van der Waals surface area contributed by atoms with Gasteiger partial charge in [-0.25, -0.2) is 4.68 Å². The highest BCUT2D eigenvalue weighted by Gasteiger charge is 2.20. The topological polar surface area (TPSA) is 89.2 Å². The van der Waals surface area contributed by atoms with Crippen LogP contribution in [0.15, 0.2) is 71.3 Å². The molecule has 9 heteroatoms.